The number of rotatable bonds is 4. The monoisotopic (exact) mass is 264 g/mol. The molecule has 1 aromatic carbocycles. The maximum Gasteiger partial charge on any atom is 0.254 e. The largest absolute Gasteiger partial charge is 0.336 e. The van der Waals surface area contributed by atoms with Crippen LogP contribution in [0, 0.1) is 12.7 Å². The van der Waals surface area contributed by atoms with Crippen molar-refractivity contribution in [2.45, 2.75) is 38.6 Å². The van der Waals surface area contributed by atoms with Gasteiger partial charge in [0.1, 0.15) is 5.82 Å². The molecular weight excluding hydrogens is 243 g/mol. The highest BCUT2D eigenvalue weighted by Crippen LogP contribution is 2.24. The van der Waals surface area contributed by atoms with Crippen LogP contribution in [0.15, 0.2) is 18.2 Å². The number of aryl methyl sites for hydroxylation is 1. The number of nitrogens with zero attached hydrogens (tertiary/aromatic N) is 1. The molecule has 0 bridgehead atoms. The topological polar surface area (TPSA) is 46.3 Å². The first-order valence-electron chi connectivity index (χ1n) is 6.90. The van der Waals surface area contributed by atoms with E-state index >= 15 is 0 Å². The van der Waals surface area contributed by atoms with Gasteiger partial charge in [0.05, 0.1) is 0 Å². The minimum Gasteiger partial charge on any atom is -0.336 e. The summed E-state index contributed by atoms with van der Waals surface area (Å²) in [5.74, 6) is -0.250. The second-order valence-corrected chi connectivity index (χ2v) is 5.19. The van der Waals surface area contributed by atoms with Gasteiger partial charge in [-0.15, -0.1) is 0 Å². The molecule has 1 amide bonds. The fraction of sp³-hybridized carbons (Fsp3) is 0.533. The maximum absolute atomic E-state index is 13.2. The lowest BCUT2D eigenvalue weighted by atomic mass is 10.1. The Labute approximate surface area is 113 Å². The molecule has 0 aromatic heterocycles. The number of hydrogen-bond acceptors (Lipinski definition) is 2. The summed E-state index contributed by atoms with van der Waals surface area (Å²) < 4.78 is 13.2. The van der Waals surface area contributed by atoms with E-state index in [1.165, 1.54) is 6.07 Å². The van der Waals surface area contributed by atoms with Gasteiger partial charge in [0.2, 0.25) is 0 Å². The molecule has 1 aliphatic heterocycles. The van der Waals surface area contributed by atoms with Crippen LogP contribution in [0.5, 0.6) is 0 Å². The first-order chi connectivity index (χ1) is 9.13. The first kappa shape index (κ1) is 14.0. The van der Waals surface area contributed by atoms with Crippen LogP contribution in [-0.4, -0.2) is 29.9 Å². The molecule has 1 saturated heterocycles. The second kappa shape index (κ2) is 6.15. The summed E-state index contributed by atoms with van der Waals surface area (Å²) in [7, 11) is 0. The number of nitrogens with two attached hydrogens (primary N) is 1. The Bertz CT molecular complexity index is 461. The van der Waals surface area contributed by atoms with Crippen molar-refractivity contribution in [3.8, 4) is 0 Å². The molecular formula is C15H21FN2O. The predicted octanol–water partition coefficient (Wildman–Crippen LogP) is 2.48. The Morgan fingerprint density at radius 1 is 1.53 bits per heavy atom. The summed E-state index contributed by atoms with van der Waals surface area (Å²) in [5.41, 5.74) is 6.63. The van der Waals surface area contributed by atoms with Crippen molar-refractivity contribution in [3.63, 3.8) is 0 Å². The van der Waals surface area contributed by atoms with E-state index in [0.29, 0.717) is 23.7 Å². The van der Waals surface area contributed by atoms with Gasteiger partial charge in [-0.3, -0.25) is 4.79 Å². The fourth-order valence-corrected chi connectivity index (χ4v) is 2.70. The normalized spacial score (nSPS) is 18.9. The van der Waals surface area contributed by atoms with E-state index in [4.69, 9.17) is 5.73 Å². The van der Waals surface area contributed by atoms with Crippen LogP contribution in [-0.2, 0) is 0 Å². The maximum atomic E-state index is 13.2. The van der Waals surface area contributed by atoms with E-state index in [1.807, 2.05) is 4.90 Å². The first-order valence-corrected chi connectivity index (χ1v) is 6.90. The molecule has 1 atom stereocenters. The van der Waals surface area contributed by atoms with E-state index in [-0.39, 0.29) is 11.7 Å². The number of amides is 1. The van der Waals surface area contributed by atoms with Gasteiger partial charge in [0.25, 0.3) is 5.91 Å². The van der Waals surface area contributed by atoms with E-state index in [2.05, 4.69) is 0 Å². The van der Waals surface area contributed by atoms with Gasteiger partial charge < -0.3 is 10.6 Å². The zero-order chi connectivity index (χ0) is 13.8. The molecule has 19 heavy (non-hydrogen) atoms. The van der Waals surface area contributed by atoms with Crippen LogP contribution < -0.4 is 5.73 Å². The Morgan fingerprint density at radius 3 is 3.00 bits per heavy atom. The molecule has 0 saturated carbocycles. The van der Waals surface area contributed by atoms with E-state index < -0.39 is 0 Å². The van der Waals surface area contributed by atoms with E-state index in [0.717, 1.165) is 32.2 Å². The van der Waals surface area contributed by atoms with Gasteiger partial charge >= 0.3 is 0 Å². The predicted molar refractivity (Wildman–Crippen MR) is 73.5 cm³/mol. The molecule has 1 aliphatic rings. The Balaban J connectivity index is 2.11. The molecule has 104 valence electrons. The van der Waals surface area contributed by atoms with Crippen molar-refractivity contribution >= 4 is 5.91 Å². The second-order valence-electron chi connectivity index (χ2n) is 5.19. The van der Waals surface area contributed by atoms with Crippen LogP contribution in [0.4, 0.5) is 4.39 Å². The summed E-state index contributed by atoms with van der Waals surface area (Å²) in [6, 6.07) is 4.87. The van der Waals surface area contributed by atoms with Crippen LogP contribution in [0.1, 0.15) is 41.6 Å². The molecule has 4 heteroatoms. The van der Waals surface area contributed by atoms with Crippen molar-refractivity contribution in [2.24, 2.45) is 5.73 Å². The third-order valence-corrected chi connectivity index (χ3v) is 3.78. The molecule has 0 spiro atoms. The van der Waals surface area contributed by atoms with Crippen LogP contribution in [0.3, 0.4) is 0 Å². The van der Waals surface area contributed by atoms with Gasteiger partial charge in [0.15, 0.2) is 0 Å². The van der Waals surface area contributed by atoms with Crippen LogP contribution in [0.25, 0.3) is 0 Å². The van der Waals surface area contributed by atoms with Crippen molar-refractivity contribution < 1.29 is 9.18 Å². The van der Waals surface area contributed by atoms with Gasteiger partial charge in [-0.25, -0.2) is 4.39 Å². The lowest BCUT2D eigenvalue weighted by Gasteiger charge is -2.25. The van der Waals surface area contributed by atoms with Crippen molar-refractivity contribution in [2.75, 3.05) is 13.1 Å². The molecule has 1 fully saturated rings. The summed E-state index contributed by atoms with van der Waals surface area (Å²) in [6.45, 7) is 3.14. The van der Waals surface area contributed by atoms with Crippen LogP contribution in [0.2, 0.25) is 0 Å². The highest BCUT2D eigenvalue weighted by molar-refractivity contribution is 5.94. The van der Waals surface area contributed by atoms with Crippen LogP contribution >= 0.6 is 0 Å². The Kier molecular flexibility index (Phi) is 4.53. The third-order valence-electron chi connectivity index (χ3n) is 3.78. The Morgan fingerprint density at radius 2 is 2.32 bits per heavy atom. The average Bonchev–Trinajstić information content (AvgIpc) is 2.87. The van der Waals surface area contributed by atoms with E-state index in [1.54, 1.807) is 19.1 Å². The molecule has 2 rings (SSSR count). The number of halogens is 1. The SMILES string of the molecule is Cc1cc(C(=O)N2CCCC2CCCN)ccc1F. The van der Waals surface area contributed by atoms with Gasteiger partial charge in [-0.1, -0.05) is 0 Å². The summed E-state index contributed by atoms with van der Waals surface area (Å²) in [5, 5.41) is 0. The number of hydrogen-bond donors (Lipinski definition) is 1. The lowest BCUT2D eigenvalue weighted by molar-refractivity contribution is 0.0729. The number of benzene rings is 1. The standard InChI is InChI=1S/C15H21FN2O/c1-11-10-12(6-7-14(11)16)15(19)18-9-3-5-13(18)4-2-8-17/h6-7,10,13H,2-5,8-9,17H2,1H3. The highest BCUT2D eigenvalue weighted by Gasteiger charge is 2.28. The summed E-state index contributed by atoms with van der Waals surface area (Å²) in [4.78, 5) is 14.4. The quantitative estimate of drug-likeness (QED) is 0.908. The molecule has 0 aliphatic carbocycles. The zero-order valence-electron chi connectivity index (χ0n) is 11.4. The smallest absolute Gasteiger partial charge is 0.254 e. The Hall–Kier alpha value is -1.42. The number of likely N-dealkylation sites (tertiary alicyclic amines) is 1. The van der Waals surface area contributed by atoms with Crippen molar-refractivity contribution in [1.82, 2.24) is 4.90 Å². The van der Waals surface area contributed by atoms with Gasteiger partial charge in [-0.05, 0) is 62.9 Å². The molecule has 2 N–H and O–H groups in total. The zero-order valence-corrected chi connectivity index (χ0v) is 11.4. The summed E-state index contributed by atoms with van der Waals surface area (Å²) in [6.07, 6.45) is 3.99. The third kappa shape index (κ3) is 3.13. The number of carbonyl (C=O) groups excluding carboxylic acids is 1. The minimum absolute atomic E-state index is 0.0163. The minimum atomic E-state index is -0.266. The summed E-state index contributed by atoms with van der Waals surface area (Å²) >= 11 is 0. The van der Waals surface area contributed by atoms with Crippen molar-refractivity contribution in [1.29, 1.82) is 0 Å². The molecule has 3 nitrogen and oxygen atoms in total. The van der Waals surface area contributed by atoms with Crippen molar-refractivity contribution in [3.05, 3.63) is 35.1 Å². The lowest BCUT2D eigenvalue weighted by Crippen LogP contribution is -2.35. The van der Waals surface area contributed by atoms with Gasteiger partial charge in [0, 0.05) is 18.2 Å². The molecule has 1 heterocycles. The van der Waals surface area contributed by atoms with E-state index in [9.17, 15) is 9.18 Å². The highest BCUT2D eigenvalue weighted by atomic mass is 19.1. The van der Waals surface area contributed by atoms with Gasteiger partial charge in [-0.2, -0.15) is 0 Å². The fourth-order valence-electron chi connectivity index (χ4n) is 2.70. The molecule has 0 radical (unpaired) electrons. The molecule has 1 unspecified atom stereocenters. The molecule has 1 aromatic rings. The average molecular weight is 264 g/mol. The number of carbonyl (C=O) groups is 1.